The van der Waals surface area contributed by atoms with Gasteiger partial charge in [0.05, 0.1) is 7.11 Å². The van der Waals surface area contributed by atoms with Gasteiger partial charge >= 0.3 is 0 Å². The van der Waals surface area contributed by atoms with E-state index in [1.54, 1.807) is 24.3 Å². The maximum absolute atomic E-state index is 12.3. The summed E-state index contributed by atoms with van der Waals surface area (Å²) in [5.41, 5.74) is 0.449. The minimum atomic E-state index is -1.45. The second-order valence-electron chi connectivity index (χ2n) is 4.96. The molecule has 114 valence electrons. The number of aliphatic hydroxyl groups is 1. The molecule has 1 aliphatic heterocycles. The van der Waals surface area contributed by atoms with Gasteiger partial charge in [-0.15, -0.1) is 0 Å². The van der Waals surface area contributed by atoms with E-state index in [1.807, 2.05) is 0 Å². The predicted molar refractivity (Wildman–Crippen MR) is 76.5 cm³/mol. The third-order valence-corrected chi connectivity index (χ3v) is 3.57. The average molecular weight is 302 g/mol. The smallest absolute Gasteiger partial charge is 0.202 e. The first-order valence-electron chi connectivity index (χ1n) is 6.60. The number of ketones is 1. The van der Waals surface area contributed by atoms with E-state index in [0.29, 0.717) is 11.3 Å². The molecule has 0 unspecified atom stereocenters. The van der Waals surface area contributed by atoms with Crippen molar-refractivity contribution in [3.8, 4) is 23.0 Å². The molecule has 2 atom stereocenters. The second kappa shape index (κ2) is 5.23. The zero-order valence-electron chi connectivity index (χ0n) is 11.7. The molecule has 0 saturated carbocycles. The zero-order chi connectivity index (χ0) is 15.9. The maximum Gasteiger partial charge on any atom is 0.202 e. The molecule has 0 saturated heterocycles. The number of methoxy groups -OCH3 is 1. The van der Waals surface area contributed by atoms with Crippen LogP contribution in [0.25, 0.3) is 0 Å². The summed E-state index contributed by atoms with van der Waals surface area (Å²) in [4.78, 5) is 12.3. The van der Waals surface area contributed by atoms with E-state index in [9.17, 15) is 20.1 Å². The summed E-state index contributed by atoms with van der Waals surface area (Å²) in [5, 5.41) is 29.5. The van der Waals surface area contributed by atoms with Crippen molar-refractivity contribution in [3.05, 3.63) is 47.5 Å². The molecule has 0 bridgehead atoms. The fraction of sp³-hybridized carbons (Fsp3) is 0.188. The van der Waals surface area contributed by atoms with Crippen LogP contribution in [0.15, 0.2) is 36.4 Å². The molecular weight excluding hydrogens is 288 g/mol. The molecule has 0 radical (unpaired) electrons. The molecule has 3 rings (SSSR count). The van der Waals surface area contributed by atoms with Gasteiger partial charge in [0, 0.05) is 12.1 Å². The number of aliphatic hydroxyl groups excluding tert-OH is 1. The predicted octanol–water partition coefficient (Wildman–Crippen LogP) is 1.78. The minimum absolute atomic E-state index is 0.0358. The van der Waals surface area contributed by atoms with Crippen molar-refractivity contribution in [2.45, 2.75) is 12.2 Å². The number of carbonyl (C=O) groups is 1. The molecule has 0 amide bonds. The quantitative estimate of drug-likeness (QED) is 0.782. The van der Waals surface area contributed by atoms with E-state index in [1.165, 1.54) is 13.2 Å². The van der Waals surface area contributed by atoms with E-state index in [4.69, 9.17) is 9.47 Å². The maximum atomic E-state index is 12.3. The van der Waals surface area contributed by atoms with Crippen molar-refractivity contribution < 1.29 is 29.6 Å². The van der Waals surface area contributed by atoms with Crippen molar-refractivity contribution >= 4 is 5.78 Å². The second-order valence-corrected chi connectivity index (χ2v) is 4.96. The number of benzene rings is 2. The van der Waals surface area contributed by atoms with Gasteiger partial charge in [-0.25, -0.2) is 0 Å². The largest absolute Gasteiger partial charge is 0.508 e. The Bertz CT molecular complexity index is 722. The highest BCUT2D eigenvalue weighted by molar-refractivity contribution is 6.05. The van der Waals surface area contributed by atoms with Crippen LogP contribution in [-0.4, -0.2) is 34.3 Å². The van der Waals surface area contributed by atoms with Gasteiger partial charge in [-0.05, 0) is 17.7 Å². The average Bonchev–Trinajstić information content (AvgIpc) is 2.50. The lowest BCUT2D eigenvalue weighted by atomic mass is 9.93. The van der Waals surface area contributed by atoms with E-state index in [0.717, 1.165) is 6.07 Å². The Hall–Kier alpha value is -2.73. The standard InChI is InChI=1S/C16H14O6/c1-21-10-4-2-8(3-5-10)16-15(20)14(19)13-11(18)6-9(17)7-12(13)22-16/h2-7,15-18,20H,1H3/t15-,16-/m0/s1. The number of Topliss-reactive ketones (excluding diaryl/α,β-unsaturated/α-hetero) is 1. The van der Waals surface area contributed by atoms with Crippen LogP contribution in [0.2, 0.25) is 0 Å². The van der Waals surface area contributed by atoms with Gasteiger partial charge in [-0.3, -0.25) is 4.79 Å². The molecule has 1 aliphatic rings. The molecule has 22 heavy (non-hydrogen) atoms. The number of phenols is 2. The van der Waals surface area contributed by atoms with Crippen molar-refractivity contribution in [1.29, 1.82) is 0 Å². The fourth-order valence-corrected chi connectivity index (χ4v) is 2.46. The first-order chi connectivity index (χ1) is 10.5. The molecule has 1 heterocycles. The minimum Gasteiger partial charge on any atom is -0.508 e. The van der Waals surface area contributed by atoms with Gasteiger partial charge < -0.3 is 24.8 Å². The van der Waals surface area contributed by atoms with E-state index in [-0.39, 0.29) is 17.1 Å². The SMILES string of the molecule is COc1ccc([C@@H]2Oc3cc(O)cc(O)c3C(=O)[C@@H]2O)cc1. The van der Waals surface area contributed by atoms with Crippen molar-refractivity contribution in [2.75, 3.05) is 7.11 Å². The number of aromatic hydroxyl groups is 2. The number of ether oxygens (including phenoxy) is 2. The molecule has 6 nitrogen and oxygen atoms in total. The first-order valence-corrected chi connectivity index (χ1v) is 6.60. The third-order valence-electron chi connectivity index (χ3n) is 3.57. The molecule has 0 aromatic heterocycles. The number of fused-ring (bicyclic) bond motifs is 1. The van der Waals surface area contributed by atoms with Gasteiger partial charge in [-0.1, -0.05) is 12.1 Å². The topological polar surface area (TPSA) is 96.2 Å². The van der Waals surface area contributed by atoms with Crippen molar-refractivity contribution in [2.24, 2.45) is 0 Å². The lowest BCUT2D eigenvalue weighted by Gasteiger charge is -2.30. The third kappa shape index (κ3) is 2.23. The van der Waals surface area contributed by atoms with Crippen LogP contribution in [-0.2, 0) is 0 Å². The summed E-state index contributed by atoms with van der Waals surface area (Å²) in [6.45, 7) is 0. The Morgan fingerprint density at radius 3 is 2.45 bits per heavy atom. The molecule has 0 spiro atoms. The normalized spacial score (nSPS) is 20.2. The van der Waals surface area contributed by atoms with Crippen LogP contribution in [0.4, 0.5) is 0 Å². The fourth-order valence-electron chi connectivity index (χ4n) is 2.46. The highest BCUT2D eigenvalue weighted by Gasteiger charge is 2.39. The van der Waals surface area contributed by atoms with Gasteiger partial charge in [0.2, 0.25) is 5.78 Å². The van der Waals surface area contributed by atoms with Crippen LogP contribution in [0.1, 0.15) is 22.0 Å². The summed E-state index contributed by atoms with van der Waals surface area (Å²) in [6.07, 6.45) is -2.37. The van der Waals surface area contributed by atoms with Crippen molar-refractivity contribution in [1.82, 2.24) is 0 Å². The van der Waals surface area contributed by atoms with Gasteiger partial charge in [-0.2, -0.15) is 0 Å². The molecule has 3 N–H and O–H groups in total. The Morgan fingerprint density at radius 2 is 1.82 bits per heavy atom. The number of phenolic OH excluding ortho intramolecular Hbond substituents is 2. The Kier molecular flexibility index (Phi) is 3.38. The molecule has 2 aromatic rings. The monoisotopic (exact) mass is 302 g/mol. The lowest BCUT2D eigenvalue weighted by molar-refractivity contribution is 0.0210. The van der Waals surface area contributed by atoms with Gasteiger partial charge in [0.15, 0.2) is 12.2 Å². The van der Waals surface area contributed by atoms with Crippen LogP contribution in [0.5, 0.6) is 23.0 Å². The molecule has 0 fully saturated rings. The number of carbonyl (C=O) groups excluding carboxylic acids is 1. The number of hydrogen-bond acceptors (Lipinski definition) is 6. The van der Waals surface area contributed by atoms with Crippen LogP contribution in [0.3, 0.4) is 0 Å². The summed E-state index contributed by atoms with van der Waals surface area (Å²) in [6, 6.07) is 8.98. The van der Waals surface area contributed by atoms with Crippen LogP contribution < -0.4 is 9.47 Å². The number of rotatable bonds is 2. The van der Waals surface area contributed by atoms with Crippen LogP contribution in [0, 0.1) is 0 Å². The molecular formula is C16H14O6. The molecule has 0 aliphatic carbocycles. The summed E-state index contributed by atoms with van der Waals surface area (Å²) < 4.78 is 10.7. The summed E-state index contributed by atoms with van der Waals surface area (Å²) in [5.74, 6) is -0.634. The first kappa shape index (κ1) is 14.2. The highest BCUT2D eigenvalue weighted by Crippen LogP contribution is 2.41. The zero-order valence-corrected chi connectivity index (χ0v) is 11.7. The number of hydrogen-bond donors (Lipinski definition) is 3. The highest BCUT2D eigenvalue weighted by atomic mass is 16.5. The molecule has 6 heteroatoms. The van der Waals surface area contributed by atoms with Gasteiger partial charge in [0.1, 0.15) is 28.6 Å². The lowest BCUT2D eigenvalue weighted by Crippen LogP contribution is -2.36. The Balaban J connectivity index is 2.02. The Labute approximate surface area is 126 Å². The van der Waals surface area contributed by atoms with Gasteiger partial charge in [0.25, 0.3) is 0 Å². The van der Waals surface area contributed by atoms with Crippen LogP contribution >= 0.6 is 0 Å². The van der Waals surface area contributed by atoms with E-state index in [2.05, 4.69) is 0 Å². The molecule has 2 aromatic carbocycles. The van der Waals surface area contributed by atoms with E-state index < -0.39 is 23.7 Å². The van der Waals surface area contributed by atoms with Crippen molar-refractivity contribution in [3.63, 3.8) is 0 Å². The Morgan fingerprint density at radius 1 is 1.14 bits per heavy atom. The van der Waals surface area contributed by atoms with E-state index >= 15 is 0 Å². The summed E-state index contributed by atoms with van der Waals surface area (Å²) in [7, 11) is 1.53. The summed E-state index contributed by atoms with van der Waals surface area (Å²) >= 11 is 0.